The number of anilines is 1. The molecule has 0 unspecified atom stereocenters. The molecule has 0 atom stereocenters. The second-order valence-corrected chi connectivity index (χ2v) is 4.73. The summed E-state index contributed by atoms with van der Waals surface area (Å²) in [5.41, 5.74) is 0. The fourth-order valence-electron chi connectivity index (χ4n) is 2.15. The first-order valence-electron chi connectivity index (χ1n) is 7.06. The van der Waals surface area contributed by atoms with Crippen molar-refractivity contribution in [3.8, 4) is 5.75 Å². The van der Waals surface area contributed by atoms with Crippen LogP contribution in [0.3, 0.4) is 0 Å². The average Bonchev–Trinajstić information content (AvgIpc) is 2.48. The zero-order valence-electron chi connectivity index (χ0n) is 12.4. The molecule has 0 bridgehead atoms. The van der Waals surface area contributed by atoms with Crippen molar-refractivity contribution >= 4 is 19.2 Å². The van der Waals surface area contributed by atoms with Gasteiger partial charge in [0.2, 0.25) is 5.95 Å². The van der Waals surface area contributed by atoms with Crippen LogP contribution in [0.1, 0.15) is 6.92 Å². The van der Waals surface area contributed by atoms with Gasteiger partial charge < -0.3 is 24.3 Å². The van der Waals surface area contributed by atoms with E-state index in [4.69, 9.17) is 14.8 Å². The van der Waals surface area contributed by atoms with E-state index in [0.717, 1.165) is 13.1 Å². The zero-order valence-corrected chi connectivity index (χ0v) is 12.4. The Balaban J connectivity index is 1.82. The second-order valence-electron chi connectivity index (χ2n) is 4.73. The van der Waals surface area contributed by atoms with Gasteiger partial charge in [0.1, 0.15) is 5.75 Å². The van der Waals surface area contributed by atoms with E-state index in [0.29, 0.717) is 32.2 Å². The van der Waals surface area contributed by atoms with E-state index < -0.39 is 7.32 Å². The molecule has 0 spiro atoms. The Morgan fingerprint density at radius 3 is 2.45 bits per heavy atom. The van der Waals surface area contributed by atoms with Gasteiger partial charge in [0, 0.05) is 26.2 Å². The summed E-state index contributed by atoms with van der Waals surface area (Å²) in [6.45, 7) is 5.31. The second kappa shape index (κ2) is 7.92. The number of carbonyl (C=O) groups is 1. The molecule has 120 valence electrons. The molecule has 1 aliphatic rings. The van der Waals surface area contributed by atoms with Crippen LogP contribution in [-0.2, 0) is 9.53 Å². The van der Waals surface area contributed by atoms with Crippen molar-refractivity contribution in [3.05, 3.63) is 12.4 Å². The smallest absolute Gasteiger partial charge is 0.509 e. The number of nitrogens with zero attached hydrogens (tertiary/aromatic N) is 4. The van der Waals surface area contributed by atoms with E-state index in [2.05, 4.69) is 14.6 Å². The summed E-state index contributed by atoms with van der Waals surface area (Å²) in [4.78, 5) is 23.7. The van der Waals surface area contributed by atoms with E-state index in [1.807, 2.05) is 9.80 Å². The molecule has 1 aliphatic heterocycles. The highest BCUT2D eigenvalue weighted by Gasteiger charge is 2.21. The summed E-state index contributed by atoms with van der Waals surface area (Å²) >= 11 is 0. The first-order chi connectivity index (χ1) is 10.6. The molecule has 2 N–H and O–H groups in total. The number of piperazine rings is 1. The molecule has 0 saturated carbocycles. The Kier molecular flexibility index (Phi) is 5.93. The lowest BCUT2D eigenvalue weighted by molar-refractivity contribution is -0.144. The largest absolute Gasteiger partial charge is 0.707 e. The molecule has 0 aliphatic carbocycles. The van der Waals surface area contributed by atoms with Crippen molar-refractivity contribution in [2.24, 2.45) is 0 Å². The Hall–Kier alpha value is -1.91. The maximum atomic E-state index is 11.4. The molecule has 1 aromatic rings. The summed E-state index contributed by atoms with van der Waals surface area (Å²) < 4.78 is 9.58. The van der Waals surface area contributed by atoms with Gasteiger partial charge in [0.25, 0.3) is 0 Å². The van der Waals surface area contributed by atoms with Gasteiger partial charge in [-0.1, -0.05) is 0 Å². The van der Waals surface area contributed by atoms with E-state index >= 15 is 0 Å². The minimum atomic E-state index is -1.89. The molecule has 0 radical (unpaired) electrons. The van der Waals surface area contributed by atoms with Crippen molar-refractivity contribution in [1.29, 1.82) is 0 Å². The Labute approximate surface area is 128 Å². The minimum absolute atomic E-state index is 0.180. The summed E-state index contributed by atoms with van der Waals surface area (Å²) in [5.74, 6) is 0.506. The topological polar surface area (TPSA) is 108 Å². The molecular formula is C12H19BN4O5. The van der Waals surface area contributed by atoms with Gasteiger partial charge in [-0.05, 0) is 6.92 Å². The molecule has 1 saturated heterocycles. The highest BCUT2D eigenvalue weighted by Crippen LogP contribution is 2.14. The number of rotatable bonds is 6. The number of aromatic nitrogens is 2. The van der Waals surface area contributed by atoms with Crippen LogP contribution in [0, 0.1) is 0 Å². The standard InChI is InChI=1S/C12H19BN4O5/c1-2-21-11(18)9-16-3-5-17(6-4-16)12-14-7-10(8-15-12)22-13(19)20/h7-8,19-20H,2-6,9H2,1H3. The van der Waals surface area contributed by atoms with Crippen LogP contribution in [0.15, 0.2) is 12.4 Å². The fraction of sp³-hybridized carbons (Fsp3) is 0.583. The average molecular weight is 310 g/mol. The van der Waals surface area contributed by atoms with Crippen LogP contribution < -0.4 is 9.55 Å². The van der Waals surface area contributed by atoms with Crippen molar-refractivity contribution in [3.63, 3.8) is 0 Å². The number of hydrogen-bond donors (Lipinski definition) is 2. The maximum absolute atomic E-state index is 11.4. The summed E-state index contributed by atoms with van der Waals surface area (Å²) in [7, 11) is -1.89. The quantitative estimate of drug-likeness (QED) is 0.480. The van der Waals surface area contributed by atoms with Gasteiger partial charge in [-0.25, -0.2) is 9.97 Å². The predicted octanol–water partition coefficient (Wildman–Crippen LogP) is -1.49. The highest BCUT2D eigenvalue weighted by molar-refractivity contribution is 6.33. The molecular weight excluding hydrogens is 291 g/mol. The van der Waals surface area contributed by atoms with Crippen molar-refractivity contribution in [2.45, 2.75) is 6.92 Å². The molecule has 10 heteroatoms. The SMILES string of the molecule is CCOC(=O)CN1CCN(c2ncc(OB(O)O)cn2)CC1. The Bertz CT molecular complexity index is 479. The number of esters is 1. The molecule has 9 nitrogen and oxygen atoms in total. The van der Waals surface area contributed by atoms with Gasteiger partial charge in [-0.15, -0.1) is 0 Å². The minimum Gasteiger partial charge on any atom is -0.509 e. The zero-order chi connectivity index (χ0) is 15.9. The molecule has 2 rings (SSSR count). The van der Waals surface area contributed by atoms with Crippen LogP contribution in [0.25, 0.3) is 0 Å². The summed E-state index contributed by atoms with van der Waals surface area (Å²) in [5, 5.41) is 17.4. The van der Waals surface area contributed by atoms with Gasteiger partial charge in [0.05, 0.1) is 25.5 Å². The predicted molar refractivity (Wildman–Crippen MR) is 78.1 cm³/mol. The summed E-state index contributed by atoms with van der Waals surface area (Å²) in [6.07, 6.45) is 2.76. The Morgan fingerprint density at radius 1 is 1.27 bits per heavy atom. The lowest BCUT2D eigenvalue weighted by Gasteiger charge is -2.34. The maximum Gasteiger partial charge on any atom is 0.707 e. The van der Waals surface area contributed by atoms with Crippen LogP contribution in [-0.4, -0.2) is 77.5 Å². The van der Waals surface area contributed by atoms with E-state index in [1.54, 1.807) is 6.92 Å². The molecule has 0 amide bonds. The highest BCUT2D eigenvalue weighted by atomic mass is 16.6. The van der Waals surface area contributed by atoms with Crippen LogP contribution in [0.2, 0.25) is 0 Å². The normalized spacial score (nSPS) is 15.5. The first-order valence-corrected chi connectivity index (χ1v) is 7.06. The number of ether oxygens (including phenoxy) is 1. The third-order valence-corrected chi connectivity index (χ3v) is 3.17. The lowest BCUT2D eigenvalue weighted by Crippen LogP contribution is -2.48. The van der Waals surface area contributed by atoms with Crippen molar-refractivity contribution in [2.75, 3.05) is 44.2 Å². The van der Waals surface area contributed by atoms with E-state index in [9.17, 15) is 4.79 Å². The van der Waals surface area contributed by atoms with E-state index in [-0.39, 0.29) is 11.7 Å². The van der Waals surface area contributed by atoms with Crippen LogP contribution >= 0.6 is 0 Å². The van der Waals surface area contributed by atoms with Gasteiger partial charge in [0.15, 0.2) is 0 Å². The first kappa shape index (κ1) is 16.5. The molecule has 22 heavy (non-hydrogen) atoms. The lowest BCUT2D eigenvalue weighted by atomic mass is 10.2. The van der Waals surface area contributed by atoms with Crippen LogP contribution in [0.4, 0.5) is 5.95 Å². The van der Waals surface area contributed by atoms with Gasteiger partial charge in [-0.3, -0.25) is 9.69 Å². The van der Waals surface area contributed by atoms with E-state index in [1.165, 1.54) is 12.4 Å². The molecule has 2 heterocycles. The van der Waals surface area contributed by atoms with Crippen molar-refractivity contribution in [1.82, 2.24) is 14.9 Å². The third kappa shape index (κ3) is 4.83. The van der Waals surface area contributed by atoms with Crippen molar-refractivity contribution < 1.29 is 24.2 Å². The number of carbonyl (C=O) groups excluding carboxylic acids is 1. The van der Waals surface area contributed by atoms with Gasteiger partial charge >= 0.3 is 13.3 Å². The fourth-order valence-corrected chi connectivity index (χ4v) is 2.15. The Morgan fingerprint density at radius 2 is 1.91 bits per heavy atom. The molecule has 1 fully saturated rings. The molecule has 1 aromatic heterocycles. The monoisotopic (exact) mass is 310 g/mol. The van der Waals surface area contributed by atoms with Gasteiger partial charge in [-0.2, -0.15) is 0 Å². The molecule has 0 aromatic carbocycles. The number of hydrogen-bond acceptors (Lipinski definition) is 9. The van der Waals surface area contributed by atoms with Crippen LogP contribution in [0.5, 0.6) is 5.75 Å². The summed E-state index contributed by atoms with van der Waals surface area (Å²) in [6, 6.07) is 0. The third-order valence-electron chi connectivity index (χ3n) is 3.17.